The number of ether oxygens (including phenoxy) is 2. The number of nitrogens with one attached hydrogen (secondary N) is 1. The van der Waals surface area contributed by atoms with Crippen LogP contribution in [-0.4, -0.2) is 66.5 Å². The zero-order valence-corrected chi connectivity index (χ0v) is 23.9. The Hall–Kier alpha value is -4.32. The molecule has 0 spiro atoms. The molecule has 2 aliphatic rings. The van der Waals surface area contributed by atoms with Crippen molar-refractivity contribution in [1.29, 1.82) is 0 Å². The highest BCUT2D eigenvalue weighted by Gasteiger charge is 2.24. The molecule has 10 nitrogen and oxygen atoms in total. The predicted octanol–water partition coefficient (Wildman–Crippen LogP) is 5.46. The number of pyridine rings is 1. The van der Waals surface area contributed by atoms with Gasteiger partial charge in [-0.1, -0.05) is 23.7 Å². The van der Waals surface area contributed by atoms with E-state index in [2.05, 4.69) is 25.7 Å². The summed E-state index contributed by atoms with van der Waals surface area (Å²) in [7, 11) is 0. The van der Waals surface area contributed by atoms with Gasteiger partial charge in [0.25, 0.3) is 0 Å². The van der Waals surface area contributed by atoms with Crippen molar-refractivity contribution in [2.45, 2.75) is 38.6 Å². The Bertz CT molecular complexity index is 1880. The number of carbonyl (C=O) groups is 1. The van der Waals surface area contributed by atoms with Crippen LogP contribution in [0.1, 0.15) is 40.3 Å². The van der Waals surface area contributed by atoms with Crippen molar-refractivity contribution >= 4 is 45.1 Å². The molecule has 0 amide bonds. The molecular formula is C31H28ClFN6O4. The minimum Gasteiger partial charge on any atom is -0.478 e. The molecule has 0 saturated carbocycles. The number of carboxylic acid groups (broad SMARTS) is 1. The van der Waals surface area contributed by atoms with Crippen LogP contribution in [0.4, 0.5) is 4.39 Å². The molecule has 5 heterocycles. The van der Waals surface area contributed by atoms with Gasteiger partial charge in [0.2, 0.25) is 5.88 Å². The van der Waals surface area contributed by atoms with Crippen LogP contribution < -0.4 is 4.74 Å². The number of nitrogens with zero attached hydrogens (tertiary/aromatic N) is 5. The lowest BCUT2D eigenvalue weighted by Crippen LogP contribution is -2.33. The van der Waals surface area contributed by atoms with Crippen molar-refractivity contribution in [3.8, 4) is 5.88 Å². The molecule has 0 radical (unpaired) electrons. The molecule has 43 heavy (non-hydrogen) atoms. The fourth-order valence-electron chi connectivity index (χ4n) is 5.52. The standard InChI is InChI=1S/C31H28ClFN6O4/c32-22-3-1-20(24(33)13-22)17-43-30-29-21(14-34-37-29)11-26(36-30)18-5-8-38(9-6-18)16-28-35-25-4-2-19(31(40)41)12-27(25)39(28)15-23-7-10-42-23/h1-5,11-14,23H,6-10,15-17H2,(H,34,37)(H,40,41)/t23-/m0/s1. The van der Waals surface area contributed by atoms with Gasteiger partial charge in [-0.05, 0) is 54.8 Å². The predicted molar refractivity (Wildman–Crippen MR) is 159 cm³/mol. The summed E-state index contributed by atoms with van der Waals surface area (Å²) < 4.78 is 28.1. The minimum absolute atomic E-state index is 0.00125. The summed E-state index contributed by atoms with van der Waals surface area (Å²) >= 11 is 5.89. The second-order valence-electron chi connectivity index (χ2n) is 10.8. The van der Waals surface area contributed by atoms with Crippen molar-refractivity contribution in [2.24, 2.45) is 0 Å². The maximum atomic E-state index is 14.3. The number of fused-ring (bicyclic) bond motifs is 2. The van der Waals surface area contributed by atoms with E-state index in [-0.39, 0.29) is 18.3 Å². The van der Waals surface area contributed by atoms with Crippen molar-refractivity contribution < 1.29 is 23.8 Å². The Labute approximate surface area is 250 Å². The fraction of sp³-hybridized carbons (Fsp3) is 0.290. The molecule has 1 saturated heterocycles. The van der Waals surface area contributed by atoms with E-state index in [0.29, 0.717) is 41.6 Å². The molecule has 2 N–H and O–H groups in total. The number of carboxylic acids is 1. The van der Waals surface area contributed by atoms with E-state index in [9.17, 15) is 14.3 Å². The maximum absolute atomic E-state index is 14.3. The lowest BCUT2D eigenvalue weighted by Gasteiger charge is -2.29. The average molecular weight is 603 g/mol. The smallest absolute Gasteiger partial charge is 0.335 e. The first kappa shape index (κ1) is 27.5. The topological polar surface area (TPSA) is 118 Å². The van der Waals surface area contributed by atoms with Gasteiger partial charge in [-0.2, -0.15) is 5.10 Å². The average Bonchev–Trinajstić information content (AvgIpc) is 3.58. The molecule has 0 aliphatic carbocycles. The van der Waals surface area contributed by atoms with E-state index in [1.807, 2.05) is 6.07 Å². The third kappa shape index (κ3) is 5.58. The van der Waals surface area contributed by atoms with E-state index in [0.717, 1.165) is 59.5 Å². The largest absolute Gasteiger partial charge is 0.478 e. The summed E-state index contributed by atoms with van der Waals surface area (Å²) in [4.78, 5) is 23.6. The number of imidazole rings is 1. The summed E-state index contributed by atoms with van der Waals surface area (Å²) in [5, 5.41) is 17.8. The van der Waals surface area contributed by atoms with Crippen molar-refractivity contribution in [2.75, 3.05) is 19.7 Å². The monoisotopic (exact) mass is 602 g/mol. The van der Waals surface area contributed by atoms with Crippen LogP contribution in [0.25, 0.3) is 27.5 Å². The maximum Gasteiger partial charge on any atom is 0.335 e. The fourth-order valence-corrected chi connectivity index (χ4v) is 5.68. The lowest BCUT2D eigenvalue weighted by atomic mass is 10.0. The number of halogens is 2. The quantitative estimate of drug-likeness (QED) is 0.228. The molecule has 5 aromatic rings. The van der Waals surface area contributed by atoms with Gasteiger partial charge >= 0.3 is 5.97 Å². The van der Waals surface area contributed by atoms with Gasteiger partial charge < -0.3 is 19.1 Å². The second-order valence-corrected chi connectivity index (χ2v) is 11.3. The van der Waals surface area contributed by atoms with E-state index in [1.54, 1.807) is 36.5 Å². The molecule has 0 bridgehead atoms. The van der Waals surface area contributed by atoms with Gasteiger partial charge in [0.05, 0.1) is 47.7 Å². The molecule has 220 valence electrons. The third-order valence-electron chi connectivity index (χ3n) is 8.02. The Balaban J connectivity index is 1.10. The Kier molecular flexibility index (Phi) is 7.29. The zero-order valence-electron chi connectivity index (χ0n) is 23.1. The molecule has 2 aromatic carbocycles. The normalized spacial score (nSPS) is 17.3. The molecule has 2 aliphatic heterocycles. The molecule has 1 fully saturated rings. The number of H-pyrrole nitrogens is 1. The number of aromatic amines is 1. The number of hydrogen-bond acceptors (Lipinski definition) is 7. The number of benzene rings is 2. The number of rotatable bonds is 9. The van der Waals surface area contributed by atoms with Gasteiger partial charge in [0.15, 0.2) is 0 Å². The van der Waals surface area contributed by atoms with Crippen LogP contribution in [0.5, 0.6) is 5.88 Å². The highest BCUT2D eigenvalue weighted by Crippen LogP contribution is 2.30. The highest BCUT2D eigenvalue weighted by molar-refractivity contribution is 6.30. The zero-order chi connectivity index (χ0) is 29.5. The Morgan fingerprint density at radius 3 is 2.84 bits per heavy atom. The molecule has 0 unspecified atom stereocenters. The highest BCUT2D eigenvalue weighted by atomic mass is 35.5. The third-order valence-corrected chi connectivity index (χ3v) is 8.25. The van der Waals surface area contributed by atoms with E-state index in [1.165, 1.54) is 6.07 Å². The summed E-state index contributed by atoms with van der Waals surface area (Å²) in [6.07, 6.45) is 5.72. The SMILES string of the molecule is O=C(O)c1ccc2nc(CN3CC=C(c4cc5cn[nH]c5c(OCc5ccc(Cl)cc5F)n4)CC3)n(C[C@@H]3CCO3)c2c1. The van der Waals surface area contributed by atoms with E-state index < -0.39 is 11.8 Å². The van der Waals surface area contributed by atoms with Gasteiger partial charge in [-0.25, -0.2) is 19.2 Å². The van der Waals surface area contributed by atoms with Crippen LogP contribution in [0.2, 0.25) is 5.02 Å². The lowest BCUT2D eigenvalue weighted by molar-refractivity contribution is -0.0591. The van der Waals surface area contributed by atoms with Crippen molar-refractivity contribution in [3.05, 3.63) is 88.2 Å². The molecular weight excluding hydrogens is 575 g/mol. The van der Waals surface area contributed by atoms with Crippen LogP contribution in [0, 0.1) is 5.82 Å². The van der Waals surface area contributed by atoms with Gasteiger partial charge in [-0.3, -0.25) is 10.00 Å². The van der Waals surface area contributed by atoms with Gasteiger partial charge in [0, 0.05) is 35.7 Å². The molecule has 3 aromatic heterocycles. The van der Waals surface area contributed by atoms with Gasteiger partial charge in [-0.15, -0.1) is 0 Å². The van der Waals surface area contributed by atoms with Crippen LogP contribution >= 0.6 is 11.6 Å². The first-order valence-corrected chi connectivity index (χ1v) is 14.5. The number of aromatic nitrogens is 5. The molecule has 1 atom stereocenters. The molecule has 12 heteroatoms. The summed E-state index contributed by atoms with van der Waals surface area (Å²) in [5.41, 5.74) is 4.73. The summed E-state index contributed by atoms with van der Waals surface area (Å²) in [6.45, 7) is 3.48. The minimum atomic E-state index is -0.960. The summed E-state index contributed by atoms with van der Waals surface area (Å²) in [5.74, 6) is -0.156. The Morgan fingerprint density at radius 2 is 2.09 bits per heavy atom. The summed E-state index contributed by atoms with van der Waals surface area (Å²) in [6, 6.07) is 11.5. The van der Waals surface area contributed by atoms with E-state index in [4.69, 9.17) is 31.0 Å². The first-order valence-electron chi connectivity index (χ1n) is 14.1. The Morgan fingerprint density at radius 1 is 1.21 bits per heavy atom. The second kappa shape index (κ2) is 11.4. The van der Waals surface area contributed by atoms with Crippen molar-refractivity contribution in [1.82, 2.24) is 29.6 Å². The van der Waals surface area contributed by atoms with Crippen LogP contribution in [0.15, 0.2) is 54.7 Å². The number of aromatic carboxylic acids is 1. The van der Waals surface area contributed by atoms with Crippen LogP contribution in [0.3, 0.4) is 0 Å². The van der Waals surface area contributed by atoms with Crippen molar-refractivity contribution in [3.63, 3.8) is 0 Å². The van der Waals surface area contributed by atoms with E-state index >= 15 is 0 Å². The van der Waals surface area contributed by atoms with Crippen LogP contribution in [-0.2, 0) is 24.4 Å². The first-order chi connectivity index (χ1) is 20.9. The molecule has 7 rings (SSSR count). The van der Waals surface area contributed by atoms with Gasteiger partial charge in [0.1, 0.15) is 23.8 Å². The number of hydrogen-bond donors (Lipinski definition) is 2.